The first-order chi connectivity index (χ1) is 19.1. The van der Waals surface area contributed by atoms with Crippen LogP contribution < -0.4 is 0 Å². The third kappa shape index (κ3) is 4.32. The highest BCUT2D eigenvalue weighted by molar-refractivity contribution is 5.89. The summed E-state index contributed by atoms with van der Waals surface area (Å²) in [6.07, 6.45) is 13.4. The maximum Gasteiger partial charge on any atom is 0.164 e. The molecule has 0 bridgehead atoms. The largest absolute Gasteiger partial charge is 0.333 e. The third-order valence-electron chi connectivity index (χ3n) is 7.78. The fraction of sp³-hybridized carbons (Fsp3) is 0.171. The minimum Gasteiger partial charge on any atom is -0.333 e. The zero-order chi connectivity index (χ0) is 26.3. The number of benzene rings is 3. The van der Waals surface area contributed by atoms with E-state index in [2.05, 4.69) is 109 Å². The van der Waals surface area contributed by atoms with E-state index >= 15 is 0 Å². The summed E-state index contributed by atoms with van der Waals surface area (Å²) in [4.78, 5) is 14.8. The summed E-state index contributed by atoms with van der Waals surface area (Å²) < 4.78 is 2.51. The molecule has 4 nitrogen and oxygen atoms in total. The topological polar surface area (TPSA) is 43.6 Å². The highest BCUT2D eigenvalue weighted by atomic mass is 15.0. The molecule has 7 rings (SSSR count). The molecule has 2 aliphatic carbocycles. The van der Waals surface area contributed by atoms with Crippen LogP contribution in [-0.2, 0) is 6.42 Å². The smallest absolute Gasteiger partial charge is 0.164 e. The zero-order valence-electron chi connectivity index (χ0n) is 22.3. The lowest BCUT2D eigenvalue weighted by Crippen LogP contribution is -2.12. The molecule has 2 unspecified atom stereocenters. The molecule has 0 N–H and O–H groups in total. The monoisotopic (exact) mass is 506 g/mol. The van der Waals surface area contributed by atoms with Crippen LogP contribution in [-0.4, -0.2) is 19.5 Å². The first-order valence-electron chi connectivity index (χ1n) is 13.7. The van der Waals surface area contributed by atoms with E-state index < -0.39 is 0 Å². The summed E-state index contributed by atoms with van der Waals surface area (Å²) in [5.74, 6) is 2.67. The Labute approximate surface area is 229 Å². The molecule has 0 saturated heterocycles. The van der Waals surface area contributed by atoms with E-state index in [0.717, 1.165) is 29.5 Å². The summed E-state index contributed by atoms with van der Waals surface area (Å²) >= 11 is 0. The molecule has 2 aliphatic rings. The molecule has 2 atom stereocenters. The third-order valence-corrected chi connectivity index (χ3v) is 7.78. The van der Waals surface area contributed by atoms with Crippen molar-refractivity contribution in [3.8, 4) is 22.8 Å². The van der Waals surface area contributed by atoms with Crippen LogP contribution in [0.5, 0.6) is 0 Å². The van der Waals surface area contributed by atoms with E-state index in [4.69, 9.17) is 15.0 Å². The van der Waals surface area contributed by atoms with E-state index in [0.29, 0.717) is 23.4 Å². The van der Waals surface area contributed by atoms with Crippen LogP contribution in [0.25, 0.3) is 45.3 Å². The minimum atomic E-state index is 0.243. The number of hydrogen-bond acceptors (Lipinski definition) is 3. The van der Waals surface area contributed by atoms with Gasteiger partial charge in [0.05, 0.1) is 6.04 Å². The van der Waals surface area contributed by atoms with Gasteiger partial charge in [-0.05, 0) is 49.5 Å². The fourth-order valence-corrected chi connectivity index (χ4v) is 5.85. The Hall–Kier alpha value is -4.57. The quantitative estimate of drug-likeness (QED) is 0.246. The molecular weight excluding hydrogens is 476 g/mol. The van der Waals surface area contributed by atoms with Crippen LogP contribution in [0.3, 0.4) is 0 Å². The Balaban J connectivity index is 1.28. The standard InChI is InChI=1S/C35H30N4/c1-23-9-8-12-27(21-23)35-37-33(25-10-4-3-5-11-25)36-34(38-35)26-16-18-28(19-17-26)39-31-14-7-6-13-29(31)30-22-24(2)15-20-32(30)39/h3-18,20-21,24,28H,19,22H2,1-2H3. The van der Waals surface area contributed by atoms with Crippen molar-refractivity contribution in [1.29, 1.82) is 0 Å². The number of hydrogen-bond donors (Lipinski definition) is 0. The van der Waals surface area contributed by atoms with Crippen molar-refractivity contribution in [2.24, 2.45) is 5.92 Å². The van der Waals surface area contributed by atoms with Gasteiger partial charge in [0, 0.05) is 33.3 Å². The van der Waals surface area contributed by atoms with Crippen LogP contribution in [0.1, 0.15) is 42.0 Å². The van der Waals surface area contributed by atoms with Crippen LogP contribution in [0.15, 0.2) is 103 Å². The van der Waals surface area contributed by atoms with Gasteiger partial charge in [-0.2, -0.15) is 0 Å². The molecule has 4 heteroatoms. The SMILES string of the molecule is Cc1cccc(-c2nc(C3=CCC(n4c5c(c6ccccc64)CC(C)C=C5)C=C3)nc(-c3ccccc3)n2)c1. The molecule has 0 spiro atoms. The van der Waals surface area contributed by atoms with Crippen LogP contribution in [0, 0.1) is 12.8 Å². The van der Waals surface area contributed by atoms with E-state index in [1.54, 1.807) is 0 Å². The summed E-state index contributed by atoms with van der Waals surface area (Å²) in [5, 5.41) is 1.37. The van der Waals surface area contributed by atoms with Gasteiger partial charge in [-0.3, -0.25) is 0 Å². The van der Waals surface area contributed by atoms with Crippen molar-refractivity contribution in [3.63, 3.8) is 0 Å². The number of para-hydroxylation sites is 1. The Morgan fingerprint density at radius 2 is 1.49 bits per heavy atom. The van der Waals surface area contributed by atoms with Crippen molar-refractivity contribution in [2.45, 2.75) is 32.7 Å². The summed E-state index contributed by atoms with van der Waals surface area (Å²) in [7, 11) is 0. The molecule has 0 amide bonds. The lowest BCUT2D eigenvalue weighted by Gasteiger charge is -2.23. The maximum atomic E-state index is 4.95. The molecule has 190 valence electrons. The second-order valence-corrected chi connectivity index (χ2v) is 10.7. The highest BCUT2D eigenvalue weighted by Crippen LogP contribution is 2.38. The summed E-state index contributed by atoms with van der Waals surface area (Å²) in [5.41, 5.74) is 8.32. The molecule has 39 heavy (non-hydrogen) atoms. The van der Waals surface area contributed by atoms with Crippen LogP contribution in [0.4, 0.5) is 0 Å². The van der Waals surface area contributed by atoms with Gasteiger partial charge in [0.15, 0.2) is 17.5 Å². The van der Waals surface area contributed by atoms with Gasteiger partial charge in [0.1, 0.15) is 0 Å². The van der Waals surface area contributed by atoms with Crippen LogP contribution in [0.2, 0.25) is 0 Å². The normalized spacial score (nSPS) is 18.3. The summed E-state index contributed by atoms with van der Waals surface area (Å²) in [6, 6.07) is 27.6. The van der Waals surface area contributed by atoms with Gasteiger partial charge in [-0.15, -0.1) is 0 Å². The first kappa shape index (κ1) is 23.5. The molecular formula is C35H30N4. The second-order valence-electron chi connectivity index (χ2n) is 10.7. The molecule has 2 aromatic heterocycles. The number of allylic oxidation sites excluding steroid dienone is 5. The van der Waals surface area contributed by atoms with E-state index in [-0.39, 0.29) is 6.04 Å². The lowest BCUT2D eigenvalue weighted by molar-refractivity contribution is 0.615. The number of aromatic nitrogens is 4. The van der Waals surface area contributed by atoms with E-state index in [1.165, 1.54) is 27.7 Å². The molecule has 2 heterocycles. The van der Waals surface area contributed by atoms with Gasteiger partial charge in [0.2, 0.25) is 0 Å². The average molecular weight is 507 g/mol. The molecule has 0 fully saturated rings. The fourth-order valence-electron chi connectivity index (χ4n) is 5.85. The van der Waals surface area contributed by atoms with E-state index in [1.807, 2.05) is 18.2 Å². The average Bonchev–Trinajstić information content (AvgIpc) is 3.31. The zero-order valence-corrected chi connectivity index (χ0v) is 22.3. The first-order valence-corrected chi connectivity index (χ1v) is 13.7. The van der Waals surface area contributed by atoms with Gasteiger partial charge in [0.25, 0.3) is 0 Å². The van der Waals surface area contributed by atoms with Gasteiger partial charge in [-0.25, -0.2) is 15.0 Å². The Bertz CT molecular complexity index is 1790. The van der Waals surface area contributed by atoms with Crippen molar-refractivity contribution in [2.75, 3.05) is 0 Å². The van der Waals surface area contributed by atoms with Crippen molar-refractivity contribution < 1.29 is 0 Å². The highest BCUT2D eigenvalue weighted by Gasteiger charge is 2.24. The Morgan fingerprint density at radius 3 is 2.28 bits per heavy atom. The second kappa shape index (κ2) is 9.63. The van der Waals surface area contributed by atoms with Crippen LogP contribution >= 0.6 is 0 Å². The van der Waals surface area contributed by atoms with Gasteiger partial charge in [-0.1, -0.05) is 104 Å². The van der Waals surface area contributed by atoms with Crippen molar-refractivity contribution in [1.82, 2.24) is 19.5 Å². The maximum absolute atomic E-state index is 4.95. The molecule has 0 radical (unpaired) electrons. The number of fused-ring (bicyclic) bond motifs is 3. The van der Waals surface area contributed by atoms with Crippen molar-refractivity contribution in [3.05, 3.63) is 126 Å². The predicted octanol–water partition coefficient (Wildman–Crippen LogP) is 8.26. The number of nitrogens with zero attached hydrogens (tertiary/aromatic N) is 4. The lowest BCUT2D eigenvalue weighted by atomic mass is 9.93. The Kier molecular flexibility index (Phi) is 5.81. The molecule has 5 aromatic rings. The molecule has 3 aromatic carbocycles. The summed E-state index contributed by atoms with van der Waals surface area (Å²) in [6.45, 7) is 4.39. The van der Waals surface area contributed by atoms with Gasteiger partial charge < -0.3 is 4.57 Å². The number of aryl methyl sites for hydroxylation is 1. The van der Waals surface area contributed by atoms with Crippen molar-refractivity contribution >= 4 is 22.6 Å². The predicted molar refractivity (Wildman–Crippen MR) is 160 cm³/mol. The minimum absolute atomic E-state index is 0.243. The van der Waals surface area contributed by atoms with E-state index in [9.17, 15) is 0 Å². The molecule has 0 aliphatic heterocycles. The Morgan fingerprint density at radius 1 is 0.744 bits per heavy atom. The molecule has 0 saturated carbocycles. The van der Waals surface area contributed by atoms with Gasteiger partial charge >= 0.3 is 0 Å². The number of rotatable bonds is 4.